The number of esters is 1. The van der Waals surface area contributed by atoms with Crippen molar-refractivity contribution in [3.05, 3.63) is 29.3 Å². The molecule has 0 amide bonds. The highest BCUT2D eigenvalue weighted by Crippen LogP contribution is 2.22. The minimum atomic E-state index is -0.198. The SMILES string of the molecule is CCNC(=NCc1ccc(C)cc1SC)NCCC(=O)OC(C)C. The number of carbonyl (C=O) groups is 1. The normalized spacial score (nSPS) is 11.5. The van der Waals surface area contributed by atoms with E-state index >= 15 is 0 Å². The van der Waals surface area contributed by atoms with Gasteiger partial charge in [0.1, 0.15) is 0 Å². The van der Waals surface area contributed by atoms with Crippen LogP contribution in [0, 0.1) is 6.92 Å². The first-order valence-corrected chi connectivity index (χ1v) is 9.53. The average Bonchev–Trinajstić information content (AvgIpc) is 2.52. The van der Waals surface area contributed by atoms with E-state index in [9.17, 15) is 4.79 Å². The van der Waals surface area contributed by atoms with Crippen molar-refractivity contribution in [1.82, 2.24) is 10.6 Å². The highest BCUT2D eigenvalue weighted by atomic mass is 32.2. The van der Waals surface area contributed by atoms with Gasteiger partial charge in [-0.3, -0.25) is 4.79 Å². The molecule has 0 heterocycles. The summed E-state index contributed by atoms with van der Waals surface area (Å²) in [4.78, 5) is 17.4. The Bertz CT molecular complexity index is 559. The number of thioether (sulfide) groups is 1. The summed E-state index contributed by atoms with van der Waals surface area (Å²) in [6.45, 7) is 9.68. The van der Waals surface area contributed by atoms with Gasteiger partial charge in [0, 0.05) is 18.0 Å². The summed E-state index contributed by atoms with van der Waals surface area (Å²) in [5, 5.41) is 6.37. The maximum absolute atomic E-state index is 11.6. The van der Waals surface area contributed by atoms with E-state index in [1.54, 1.807) is 11.8 Å². The zero-order valence-electron chi connectivity index (χ0n) is 15.3. The summed E-state index contributed by atoms with van der Waals surface area (Å²) < 4.78 is 5.12. The molecule has 0 saturated carbocycles. The molecule has 0 radical (unpaired) electrons. The van der Waals surface area contributed by atoms with Gasteiger partial charge in [0.05, 0.1) is 19.1 Å². The van der Waals surface area contributed by atoms with Crippen molar-refractivity contribution < 1.29 is 9.53 Å². The standard InChI is InChI=1S/C18H29N3O2S/c1-6-19-18(20-10-9-17(22)23-13(2)3)21-12-15-8-7-14(4)11-16(15)24-5/h7-8,11,13H,6,9-10,12H2,1-5H3,(H2,19,20,21). The molecule has 1 rings (SSSR count). The molecule has 6 heteroatoms. The van der Waals surface area contributed by atoms with Crippen molar-refractivity contribution in [2.45, 2.75) is 51.7 Å². The highest BCUT2D eigenvalue weighted by Gasteiger charge is 2.06. The molecule has 24 heavy (non-hydrogen) atoms. The number of ether oxygens (including phenoxy) is 1. The third-order valence-electron chi connectivity index (χ3n) is 3.18. The van der Waals surface area contributed by atoms with Crippen molar-refractivity contribution >= 4 is 23.7 Å². The lowest BCUT2D eigenvalue weighted by Gasteiger charge is -2.13. The van der Waals surface area contributed by atoms with Gasteiger partial charge in [0.2, 0.25) is 0 Å². The Balaban J connectivity index is 2.61. The second-order valence-corrected chi connectivity index (χ2v) is 6.57. The van der Waals surface area contributed by atoms with Crippen LogP contribution in [0.25, 0.3) is 0 Å². The fourth-order valence-electron chi connectivity index (χ4n) is 2.09. The van der Waals surface area contributed by atoms with Crippen LogP contribution in [0.4, 0.5) is 0 Å². The lowest BCUT2D eigenvalue weighted by atomic mass is 10.1. The molecular formula is C18H29N3O2S. The predicted octanol–water partition coefficient (Wildman–Crippen LogP) is 3.11. The van der Waals surface area contributed by atoms with E-state index in [4.69, 9.17) is 4.74 Å². The Kier molecular flexibility index (Phi) is 9.30. The largest absolute Gasteiger partial charge is 0.463 e. The monoisotopic (exact) mass is 351 g/mol. The first-order valence-electron chi connectivity index (χ1n) is 8.31. The first-order chi connectivity index (χ1) is 11.5. The van der Waals surface area contributed by atoms with E-state index in [0.717, 1.165) is 6.54 Å². The lowest BCUT2D eigenvalue weighted by molar-refractivity contribution is -0.147. The molecule has 1 aromatic rings. The molecule has 0 aliphatic rings. The summed E-state index contributed by atoms with van der Waals surface area (Å²) in [6, 6.07) is 6.40. The number of benzene rings is 1. The number of hydrogen-bond donors (Lipinski definition) is 2. The number of nitrogens with zero attached hydrogens (tertiary/aromatic N) is 1. The number of carbonyl (C=O) groups excluding carboxylic acids is 1. The molecule has 0 saturated heterocycles. The van der Waals surface area contributed by atoms with Gasteiger partial charge in [0.15, 0.2) is 5.96 Å². The van der Waals surface area contributed by atoms with Gasteiger partial charge in [-0.2, -0.15) is 0 Å². The fourth-order valence-corrected chi connectivity index (χ4v) is 2.79. The topological polar surface area (TPSA) is 62.7 Å². The number of nitrogens with one attached hydrogen (secondary N) is 2. The molecule has 0 atom stereocenters. The Morgan fingerprint density at radius 2 is 2.08 bits per heavy atom. The summed E-state index contributed by atoms with van der Waals surface area (Å²) >= 11 is 1.73. The number of guanidine groups is 1. The minimum absolute atomic E-state index is 0.0779. The molecule has 0 aliphatic carbocycles. The minimum Gasteiger partial charge on any atom is -0.463 e. The van der Waals surface area contributed by atoms with Crippen molar-refractivity contribution in [2.24, 2.45) is 4.99 Å². The smallest absolute Gasteiger partial charge is 0.307 e. The van der Waals surface area contributed by atoms with E-state index in [-0.39, 0.29) is 12.1 Å². The van der Waals surface area contributed by atoms with Crippen LogP contribution in [0.3, 0.4) is 0 Å². The van der Waals surface area contributed by atoms with Gasteiger partial charge in [-0.05, 0) is 51.1 Å². The fraction of sp³-hybridized carbons (Fsp3) is 0.556. The third-order valence-corrected chi connectivity index (χ3v) is 4.00. The van der Waals surface area contributed by atoms with Gasteiger partial charge < -0.3 is 15.4 Å². The third kappa shape index (κ3) is 7.73. The number of aliphatic imine (C=N–C) groups is 1. The molecule has 0 unspecified atom stereocenters. The predicted molar refractivity (Wildman–Crippen MR) is 102 cm³/mol. The molecule has 2 N–H and O–H groups in total. The van der Waals surface area contributed by atoms with Gasteiger partial charge in [-0.1, -0.05) is 12.1 Å². The van der Waals surface area contributed by atoms with Crippen LogP contribution in [0.2, 0.25) is 0 Å². The molecule has 0 aliphatic heterocycles. The maximum atomic E-state index is 11.6. The Labute approximate surface area is 149 Å². The van der Waals surface area contributed by atoms with Crippen LogP contribution < -0.4 is 10.6 Å². The van der Waals surface area contributed by atoms with E-state index in [2.05, 4.69) is 47.0 Å². The van der Waals surface area contributed by atoms with Gasteiger partial charge in [-0.15, -0.1) is 11.8 Å². The van der Waals surface area contributed by atoms with Gasteiger partial charge in [0.25, 0.3) is 0 Å². The van der Waals surface area contributed by atoms with Crippen LogP contribution in [-0.2, 0) is 16.1 Å². The van der Waals surface area contributed by atoms with Crippen molar-refractivity contribution in [1.29, 1.82) is 0 Å². The quantitative estimate of drug-likeness (QED) is 0.326. The Hall–Kier alpha value is -1.69. The van der Waals surface area contributed by atoms with E-state index in [0.29, 0.717) is 25.5 Å². The first kappa shape index (κ1) is 20.4. The molecule has 5 nitrogen and oxygen atoms in total. The van der Waals surface area contributed by atoms with Crippen LogP contribution in [0.15, 0.2) is 28.1 Å². The average molecular weight is 352 g/mol. The van der Waals surface area contributed by atoms with E-state index in [1.807, 2.05) is 20.8 Å². The zero-order chi connectivity index (χ0) is 17.9. The number of hydrogen-bond acceptors (Lipinski definition) is 4. The molecule has 0 aromatic heterocycles. The van der Waals surface area contributed by atoms with Crippen LogP contribution in [0.5, 0.6) is 0 Å². The van der Waals surface area contributed by atoms with Crippen LogP contribution in [-0.4, -0.2) is 37.4 Å². The second-order valence-electron chi connectivity index (χ2n) is 5.73. The number of rotatable bonds is 8. The molecule has 0 bridgehead atoms. The summed E-state index contributed by atoms with van der Waals surface area (Å²) in [7, 11) is 0. The van der Waals surface area contributed by atoms with Crippen LogP contribution >= 0.6 is 11.8 Å². The molecular weight excluding hydrogens is 322 g/mol. The second kappa shape index (κ2) is 11.0. The van der Waals surface area contributed by atoms with Crippen molar-refractivity contribution in [3.8, 4) is 0 Å². The Morgan fingerprint density at radius 3 is 2.71 bits per heavy atom. The maximum Gasteiger partial charge on any atom is 0.307 e. The van der Waals surface area contributed by atoms with Crippen molar-refractivity contribution in [3.63, 3.8) is 0 Å². The Morgan fingerprint density at radius 1 is 1.33 bits per heavy atom. The van der Waals surface area contributed by atoms with E-state index < -0.39 is 0 Å². The highest BCUT2D eigenvalue weighted by molar-refractivity contribution is 7.98. The lowest BCUT2D eigenvalue weighted by Crippen LogP contribution is -2.38. The molecule has 0 fully saturated rings. The van der Waals surface area contributed by atoms with Gasteiger partial charge >= 0.3 is 5.97 Å². The van der Waals surface area contributed by atoms with Crippen LogP contribution in [0.1, 0.15) is 38.3 Å². The van der Waals surface area contributed by atoms with E-state index in [1.165, 1.54) is 16.0 Å². The molecule has 134 valence electrons. The summed E-state index contributed by atoms with van der Waals surface area (Å²) in [5.74, 6) is 0.513. The summed E-state index contributed by atoms with van der Waals surface area (Å²) in [5.41, 5.74) is 2.45. The number of aryl methyl sites for hydroxylation is 1. The summed E-state index contributed by atoms with van der Waals surface area (Å²) in [6.07, 6.45) is 2.32. The molecule has 1 aromatic carbocycles. The van der Waals surface area contributed by atoms with Crippen molar-refractivity contribution in [2.75, 3.05) is 19.3 Å². The molecule has 0 spiro atoms. The van der Waals surface area contributed by atoms with Gasteiger partial charge in [-0.25, -0.2) is 4.99 Å². The zero-order valence-corrected chi connectivity index (χ0v) is 16.1.